The lowest BCUT2D eigenvalue weighted by Gasteiger charge is -2.00. The first-order valence-corrected chi connectivity index (χ1v) is 3.83. The van der Waals surface area contributed by atoms with Gasteiger partial charge in [-0.25, -0.2) is 4.98 Å². The van der Waals surface area contributed by atoms with E-state index in [0.29, 0.717) is 16.9 Å². The Hall–Kier alpha value is -1.71. The molecular formula is C9H11N3O. The molecule has 0 fully saturated rings. The number of ketones is 1. The standard InChI is InChI=1S/C9H11N3O/c1-6(13)7-3-8(4-11-2)9(10)12-5-7/h3-5H,1-2H3,(H2,10,12). The van der Waals surface area contributed by atoms with Crippen LogP contribution >= 0.6 is 0 Å². The topological polar surface area (TPSA) is 68.3 Å². The van der Waals surface area contributed by atoms with E-state index in [1.807, 2.05) is 0 Å². The van der Waals surface area contributed by atoms with Crippen LogP contribution in [0.1, 0.15) is 22.8 Å². The molecule has 0 aliphatic heterocycles. The summed E-state index contributed by atoms with van der Waals surface area (Å²) in [5.74, 6) is 0.355. The van der Waals surface area contributed by atoms with Crippen molar-refractivity contribution in [1.82, 2.24) is 4.98 Å². The van der Waals surface area contributed by atoms with Crippen LogP contribution in [0, 0.1) is 0 Å². The molecule has 0 atom stereocenters. The Balaban J connectivity index is 3.18. The van der Waals surface area contributed by atoms with Gasteiger partial charge in [-0.2, -0.15) is 0 Å². The van der Waals surface area contributed by atoms with E-state index < -0.39 is 0 Å². The van der Waals surface area contributed by atoms with E-state index >= 15 is 0 Å². The average molecular weight is 177 g/mol. The van der Waals surface area contributed by atoms with Crippen molar-refractivity contribution < 1.29 is 4.79 Å². The molecule has 68 valence electrons. The Bertz CT molecular complexity index is 358. The van der Waals surface area contributed by atoms with Gasteiger partial charge in [0.15, 0.2) is 5.78 Å². The molecular weight excluding hydrogens is 166 g/mol. The molecule has 0 saturated carbocycles. The van der Waals surface area contributed by atoms with Crippen LogP contribution in [-0.2, 0) is 0 Å². The lowest BCUT2D eigenvalue weighted by atomic mass is 10.1. The van der Waals surface area contributed by atoms with E-state index in [4.69, 9.17) is 5.73 Å². The summed E-state index contributed by atoms with van der Waals surface area (Å²) in [5, 5.41) is 0. The molecule has 0 amide bonds. The van der Waals surface area contributed by atoms with E-state index in [0.717, 1.165) is 0 Å². The third-order valence-electron chi connectivity index (χ3n) is 1.62. The minimum Gasteiger partial charge on any atom is -0.383 e. The highest BCUT2D eigenvalue weighted by atomic mass is 16.1. The number of pyridine rings is 1. The molecule has 4 heteroatoms. The number of hydrogen-bond donors (Lipinski definition) is 1. The smallest absolute Gasteiger partial charge is 0.161 e. The third kappa shape index (κ3) is 2.11. The molecule has 0 bridgehead atoms. The highest BCUT2D eigenvalue weighted by molar-refractivity contribution is 5.96. The van der Waals surface area contributed by atoms with Crippen LogP contribution in [0.25, 0.3) is 0 Å². The second kappa shape index (κ2) is 3.80. The second-order valence-corrected chi connectivity index (χ2v) is 2.64. The maximum atomic E-state index is 11.0. The van der Waals surface area contributed by atoms with E-state index in [1.165, 1.54) is 13.1 Å². The number of nitrogens with zero attached hydrogens (tertiary/aromatic N) is 2. The second-order valence-electron chi connectivity index (χ2n) is 2.64. The molecule has 1 aromatic rings. The van der Waals surface area contributed by atoms with Gasteiger partial charge >= 0.3 is 0 Å². The molecule has 0 spiro atoms. The number of nitrogen functional groups attached to an aromatic ring is 1. The number of nitrogens with two attached hydrogens (primary N) is 1. The average Bonchev–Trinajstić information content (AvgIpc) is 2.08. The molecule has 2 N–H and O–H groups in total. The van der Waals surface area contributed by atoms with Crippen molar-refractivity contribution in [3.05, 3.63) is 23.4 Å². The van der Waals surface area contributed by atoms with Crippen LogP contribution in [0.3, 0.4) is 0 Å². The minimum absolute atomic E-state index is 0.0294. The van der Waals surface area contributed by atoms with Gasteiger partial charge in [-0.05, 0) is 13.0 Å². The zero-order valence-corrected chi connectivity index (χ0v) is 7.61. The number of aliphatic imine (C=N–C) groups is 1. The summed E-state index contributed by atoms with van der Waals surface area (Å²) in [5.41, 5.74) is 6.78. The van der Waals surface area contributed by atoms with Crippen molar-refractivity contribution in [3.8, 4) is 0 Å². The van der Waals surface area contributed by atoms with Crippen LogP contribution in [-0.4, -0.2) is 24.0 Å². The predicted molar refractivity (Wildman–Crippen MR) is 52.2 cm³/mol. The lowest BCUT2D eigenvalue weighted by Crippen LogP contribution is -2.01. The van der Waals surface area contributed by atoms with Crippen LogP contribution in [0.2, 0.25) is 0 Å². The lowest BCUT2D eigenvalue weighted by molar-refractivity contribution is 0.101. The van der Waals surface area contributed by atoms with Crippen molar-refractivity contribution in [3.63, 3.8) is 0 Å². The fourth-order valence-corrected chi connectivity index (χ4v) is 0.927. The summed E-state index contributed by atoms with van der Waals surface area (Å²) in [7, 11) is 1.64. The van der Waals surface area contributed by atoms with E-state index in [1.54, 1.807) is 19.3 Å². The maximum Gasteiger partial charge on any atom is 0.161 e. The van der Waals surface area contributed by atoms with Crippen LogP contribution in [0.5, 0.6) is 0 Å². The molecule has 13 heavy (non-hydrogen) atoms. The highest BCUT2D eigenvalue weighted by Crippen LogP contribution is 2.08. The Labute approximate surface area is 76.5 Å². The van der Waals surface area contributed by atoms with E-state index in [2.05, 4.69) is 9.98 Å². The van der Waals surface area contributed by atoms with Crippen molar-refractivity contribution in [2.45, 2.75) is 6.92 Å². The SMILES string of the molecule is CN=Cc1cc(C(C)=O)cnc1N. The van der Waals surface area contributed by atoms with Gasteiger partial charge in [-0.1, -0.05) is 0 Å². The Morgan fingerprint density at radius 1 is 1.69 bits per heavy atom. The monoisotopic (exact) mass is 177 g/mol. The number of rotatable bonds is 2. The molecule has 1 rings (SSSR count). The first kappa shape index (κ1) is 9.38. The van der Waals surface area contributed by atoms with Crippen molar-refractivity contribution in [2.24, 2.45) is 4.99 Å². The maximum absolute atomic E-state index is 11.0. The fraction of sp³-hybridized carbons (Fsp3) is 0.222. The van der Waals surface area contributed by atoms with E-state index in [9.17, 15) is 4.79 Å². The van der Waals surface area contributed by atoms with Crippen LogP contribution in [0.15, 0.2) is 17.3 Å². The number of anilines is 1. The van der Waals surface area contributed by atoms with Gasteiger partial charge in [0.2, 0.25) is 0 Å². The molecule has 0 aliphatic rings. The Morgan fingerprint density at radius 3 is 2.92 bits per heavy atom. The molecule has 1 heterocycles. The van der Waals surface area contributed by atoms with Crippen molar-refractivity contribution in [2.75, 3.05) is 12.8 Å². The van der Waals surface area contributed by atoms with Gasteiger partial charge < -0.3 is 5.73 Å². The molecule has 0 unspecified atom stereocenters. The summed E-state index contributed by atoms with van der Waals surface area (Å²) < 4.78 is 0. The summed E-state index contributed by atoms with van der Waals surface area (Å²) in [6.07, 6.45) is 3.04. The highest BCUT2D eigenvalue weighted by Gasteiger charge is 2.03. The van der Waals surface area contributed by atoms with Crippen molar-refractivity contribution >= 4 is 17.8 Å². The summed E-state index contributed by atoms with van der Waals surface area (Å²) in [6, 6.07) is 1.68. The van der Waals surface area contributed by atoms with Gasteiger partial charge in [0.1, 0.15) is 5.82 Å². The first-order valence-electron chi connectivity index (χ1n) is 3.83. The summed E-state index contributed by atoms with van der Waals surface area (Å²) >= 11 is 0. The number of hydrogen-bond acceptors (Lipinski definition) is 4. The quantitative estimate of drug-likeness (QED) is 0.539. The molecule has 1 aromatic heterocycles. The predicted octanol–water partition coefficient (Wildman–Crippen LogP) is 0.915. The van der Waals surface area contributed by atoms with E-state index in [-0.39, 0.29) is 5.78 Å². The van der Waals surface area contributed by atoms with Crippen LogP contribution < -0.4 is 5.73 Å². The summed E-state index contributed by atoms with van der Waals surface area (Å²) in [6.45, 7) is 1.49. The van der Waals surface area contributed by atoms with Crippen molar-refractivity contribution in [1.29, 1.82) is 0 Å². The Kier molecular flexibility index (Phi) is 2.74. The largest absolute Gasteiger partial charge is 0.383 e. The number of carbonyl (C=O) groups excluding carboxylic acids is 1. The minimum atomic E-state index is -0.0294. The summed E-state index contributed by atoms with van der Waals surface area (Å²) in [4.78, 5) is 18.7. The Morgan fingerprint density at radius 2 is 2.38 bits per heavy atom. The zero-order chi connectivity index (χ0) is 9.84. The van der Waals surface area contributed by atoms with Gasteiger partial charge in [0.05, 0.1) is 0 Å². The van der Waals surface area contributed by atoms with Gasteiger partial charge in [0.25, 0.3) is 0 Å². The normalized spacial score (nSPS) is 10.6. The number of carbonyl (C=O) groups is 1. The van der Waals surface area contributed by atoms with Gasteiger partial charge in [-0.3, -0.25) is 9.79 Å². The molecule has 0 aliphatic carbocycles. The first-order chi connectivity index (χ1) is 6.15. The van der Waals surface area contributed by atoms with Gasteiger partial charge in [-0.15, -0.1) is 0 Å². The number of Topliss-reactive ketones (excluding diaryl/α,β-unsaturated/α-hetero) is 1. The van der Waals surface area contributed by atoms with Gasteiger partial charge in [0, 0.05) is 30.6 Å². The molecule has 0 saturated heterocycles. The third-order valence-corrected chi connectivity index (χ3v) is 1.62. The molecule has 4 nitrogen and oxygen atoms in total. The fourth-order valence-electron chi connectivity index (χ4n) is 0.927. The zero-order valence-electron chi connectivity index (χ0n) is 7.61. The molecule has 0 aromatic carbocycles. The molecule has 0 radical (unpaired) electrons. The number of aromatic nitrogens is 1. The van der Waals surface area contributed by atoms with Crippen LogP contribution in [0.4, 0.5) is 5.82 Å².